The number of ether oxygens (including phenoxy) is 1. The van der Waals surface area contributed by atoms with Crippen molar-refractivity contribution in [2.24, 2.45) is 5.10 Å². The number of sulfonamides is 1. The van der Waals surface area contributed by atoms with E-state index in [9.17, 15) is 13.5 Å². The fourth-order valence-electron chi connectivity index (χ4n) is 1.71. The van der Waals surface area contributed by atoms with Crippen LogP contribution in [0.15, 0.2) is 52.5 Å². The highest BCUT2D eigenvalue weighted by molar-refractivity contribution is 7.89. The van der Waals surface area contributed by atoms with Gasteiger partial charge in [0.05, 0.1) is 18.2 Å². The maximum absolute atomic E-state index is 12.0. The van der Waals surface area contributed by atoms with Crippen LogP contribution in [0.3, 0.4) is 0 Å². The zero-order valence-corrected chi connectivity index (χ0v) is 13.0. The second-order valence-corrected chi connectivity index (χ2v) is 6.26. The molecule has 0 saturated heterocycles. The van der Waals surface area contributed by atoms with Crippen molar-refractivity contribution in [1.82, 2.24) is 4.83 Å². The standard InChI is InChI=1S/C15H16N2O4S/c1-11-3-6-13(7-4-11)22(19,20)17-16-10-12-5-8-14(18)15(9-12)21-2/h3-10,17-18H,1-2H3/b16-10-. The molecular formula is C15H16N2O4S. The first-order chi connectivity index (χ1) is 10.4. The second kappa shape index (κ2) is 6.48. The van der Waals surface area contributed by atoms with Gasteiger partial charge in [0.2, 0.25) is 0 Å². The average Bonchev–Trinajstić information content (AvgIpc) is 2.49. The van der Waals surface area contributed by atoms with Crippen LogP contribution in [0.25, 0.3) is 0 Å². The monoisotopic (exact) mass is 320 g/mol. The summed E-state index contributed by atoms with van der Waals surface area (Å²) >= 11 is 0. The molecule has 0 fully saturated rings. The zero-order chi connectivity index (χ0) is 16.2. The quantitative estimate of drug-likeness (QED) is 0.652. The topological polar surface area (TPSA) is 88.0 Å². The number of phenolic OH excluding ortho intramolecular Hbond substituents is 1. The van der Waals surface area contributed by atoms with Crippen molar-refractivity contribution in [3.05, 3.63) is 53.6 Å². The van der Waals surface area contributed by atoms with Gasteiger partial charge in [0, 0.05) is 0 Å². The molecule has 0 spiro atoms. The highest BCUT2D eigenvalue weighted by Crippen LogP contribution is 2.25. The number of hydrogen-bond donors (Lipinski definition) is 2. The van der Waals surface area contributed by atoms with Crippen LogP contribution in [0, 0.1) is 6.92 Å². The molecular weight excluding hydrogens is 304 g/mol. The van der Waals surface area contributed by atoms with Gasteiger partial charge in [0.15, 0.2) is 11.5 Å². The largest absolute Gasteiger partial charge is 0.504 e. The Morgan fingerprint density at radius 1 is 1.18 bits per heavy atom. The third-order valence-corrected chi connectivity index (χ3v) is 4.16. The lowest BCUT2D eigenvalue weighted by Gasteiger charge is -2.05. The van der Waals surface area contributed by atoms with Gasteiger partial charge in [-0.15, -0.1) is 0 Å². The summed E-state index contributed by atoms with van der Waals surface area (Å²) in [5, 5.41) is 13.2. The van der Waals surface area contributed by atoms with Crippen molar-refractivity contribution >= 4 is 16.2 Å². The molecule has 0 aliphatic carbocycles. The molecule has 2 N–H and O–H groups in total. The van der Waals surface area contributed by atoms with E-state index in [2.05, 4.69) is 9.93 Å². The van der Waals surface area contributed by atoms with Gasteiger partial charge in [-0.1, -0.05) is 17.7 Å². The van der Waals surface area contributed by atoms with E-state index in [0.29, 0.717) is 5.56 Å². The van der Waals surface area contributed by atoms with E-state index in [-0.39, 0.29) is 16.4 Å². The molecule has 0 atom stereocenters. The number of hydrazone groups is 1. The molecule has 2 aromatic rings. The minimum absolute atomic E-state index is 0.000105. The molecule has 6 nitrogen and oxygen atoms in total. The maximum Gasteiger partial charge on any atom is 0.276 e. The van der Waals surface area contributed by atoms with E-state index < -0.39 is 10.0 Å². The van der Waals surface area contributed by atoms with Gasteiger partial charge in [-0.3, -0.25) is 0 Å². The van der Waals surface area contributed by atoms with E-state index in [1.807, 2.05) is 6.92 Å². The van der Waals surface area contributed by atoms with E-state index in [0.717, 1.165) is 5.56 Å². The first kappa shape index (κ1) is 15.8. The summed E-state index contributed by atoms with van der Waals surface area (Å²) in [6.07, 6.45) is 1.33. The first-order valence-electron chi connectivity index (χ1n) is 6.41. The van der Waals surface area contributed by atoms with Crippen molar-refractivity contribution in [2.45, 2.75) is 11.8 Å². The minimum atomic E-state index is -3.70. The maximum atomic E-state index is 12.0. The Morgan fingerprint density at radius 3 is 2.50 bits per heavy atom. The number of rotatable bonds is 5. The third-order valence-electron chi connectivity index (χ3n) is 2.92. The minimum Gasteiger partial charge on any atom is -0.504 e. The normalized spacial score (nSPS) is 11.5. The summed E-state index contributed by atoms with van der Waals surface area (Å²) in [5.74, 6) is 0.283. The van der Waals surface area contributed by atoms with Crippen LogP contribution in [-0.4, -0.2) is 26.8 Å². The first-order valence-corrected chi connectivity index (χ1v) is 7.89. The molecule has 22 heavy (non-hydrogen) atoms. The number of nitrogens with zero attached hydrogens (tertiary/aromatic N) is 1. The van der Waals surface area contributed by atoms with Crippen LogP contribution < -0.4 is 9.57 Å². The van der Waals surface area contributed by atoms with E-state index in [1.165, 1.54) is 31.5 Å². The molecule has 0 bridgehead atoms. The number of nitrogens with one attached hydrogen (secondary N) is 1. The van der Waals surface area contributed by atoms with Gasteiger partial charge in [0.1, 0.15) is 0 Å². The van der Waals surface area contributed by atoms with Gasteiger partial charge in [-0.25, -0.2) is 4.83 Å². The molecule has 0 aliphatic heterocycles. The summed E-state index contributed by atoms with van der Waals surface area (Å²) in [6, 6.07) is 11.0. The number of methoxy groups -OCH3 is 1. The van der Waals surface area contributed by atoms with Crippen molar-refractivity contribution in [3.8, 4) is 11.5 Å². The Balaban J connectivity index is 2.13. The Hall–Kier alpha value is -2.54. The van der Waals surface area contributed by atoms with Gasteiger partial charge in [0.25, 0.3) is 10.0 Å². The molecule has 0 amide bonds. The highest BCUT2D eigenvalue weighted by Gasteiger charge is 2.11. The molecule has 116 valence electrons. The lowest BCUT2D eigenvalue weighted by Crippen LogP contribution is -2.18. The van der Waals surface area contributed by atoms with Crippen molar-refractivity contribution in [3.63, 3.8) is 0 Å². The van der Waals surface area contributed by atoms with Crippen LogP contribution >= 0.6 is 0 Å². The summed E-state index contributed by atoms with van der Waals surface area (Å²) < 4.78 is 29.0. The van der Waals surface area contributed by atoms with Crippen LogP contribution in [0.5, 0.6) is 11.5 Å². The van der Waals surface area contributed by atoms with Crippen LogP contribution in [0.4, 0.5) is 0 Å². The van der Waals surface area contributed by atoms with Crippen molar-refractivity contribution in [1.29, 1.82) is 0 Å². The van der Waals surface area contributed by atoms with Gasteiger partial charge < -0.3 is 9.84 Å². The van der Waals surface area contributed by atoms with E-state index in [1.54, 1.807) is 24.3 Å². The molecule has 2 aromatic carbocycles. The fourth-order valence-corrected chi connectivity index (χ4v) is 2.51. The molecule has 0 radical (unpaired) electrons. The van der Waals surface area contributed by atoms with Crippen LogP contribution in [0.1, 0.15) is 11.1 Å². The summed E-state index contributed by atoms with van der Waals surface area (Å²) in [4.78, 5) is 2.27. The lowest BCUT2D eigenvalue weighted by molar-refractivity contribution is 0.373. The molecule has 0 aliphatic rings. The van der Waals surface area contributed by atoms with Gasteiger partial charge in [-0.2, -0.15) is 13.5 Å². The smallest absolute Gasteiger partial charge is 0.276 e. The Labute approximate surface area is 129 Å². The van der Waals surface area contributed by atoms with Gasteiger partial charge in [-0.05, 0) is 42.8 Å². The van der Waals surface area contributed by atoms with Crippen molar-refractivity contribution < 1.29 is 18.3 Å². The van der Waals surface area contributed by atoms with Crippen molar-refractivity contribution in [2.75, 3.05) is 7.11 Å². The number of phenols is 1. The number of hydrogen-bond acceptors (Lipinski definition) is 5. The number of aryl methyl sites for hydroxylation is 1. The summed E-state index contributed by atoms with van der Waals surface area (Å²) in [5.41, 5.74) is 1.56. The third kappa shape index (κ3) is 3.76. The summed E-state index contributed by atoms with van der Waals surface area (Å²) in [6.45, 7) is 1.88. The van der Waals surface area contributed by atoms with E-state index in [4.69, 9.17) is 4.74 Å². The van der Waals surface area contributed by atoms with E-state index >= 15 is 0 Å². The van der Waals surface area contributed by atoms with Crippen LogP contribution in [-0.2, 0) is 10.0 Å². The number of aromatic hydroxyl groups is 1. The predicted octanol–water partition coefficient (Wildman–Crippen LogP) is 2.02. The molecule has 0 saturated carbocycles. The molecule has 0 heterocycles. The zero-order valence-electron chi connectivity index (χ0n) is 12.1. The fraction of sp³-hybridized carbons (Fsp3) is 0.133. The lowest BCUT2D eigenvalue weighted by atomic mass is 10.2. The van der Waals surface area contributed by atoms with Gasteiger partial charge >= 0.3 is 0 Å². The molecule has 7 heteroatoms. The Morgan fingerprint density at radius 2 is 1.86 bits per heavy atom. The second-order valence-electron chi connectivity index (χ2n) is 4.60. The summed E-state index contributed by atoms with van der Waals surface area (Å²) in [7, 11) is -2.27. The molecule has 0 unspecified atom stereocenters. The van der Waals surface area contributed by atoms with Crippen LogP contribution in [0.2, 0.25) is 0 Å². The molecule has 2 rings (SSSR count). The molecule has 0 aromatic heterocycles. The Kier molecular flexibility index (Phi) is 4.67. The Bertz CT molecular complexity index is 784. The number of benzene rings is 2. The average molecular weight is 320 g/mol. The SMILES string of the molecule is COc1cc(/C=N\NS(=O)(=O)c2ccc(C)cc2)ccc1O. The highest BCUT2D eigenvalue weighted by atomic mass is 32.2. The predicted molar refractivity (Wildman–Crippen MR) is 83.8 cm³/mol.